The van der Waals surface area contributed by atoms with E-state index in [0.717, 1.165) is 0 Å². The number of hydrogen-bond donors (Lipinski definition) is 0. The van der Waals surface area contributed by atoms with Crippen LogP contribution < -0.4 is 0 Å². The highest BCUT2D eigenvalue weighted by molar-refractivity contribution is 7.16. The van der Waals surface area contributed by atoms with Crippen molar-refractivity contribution in [3.05, 3.63) is 71.6 Å². The molecule has 2 aliphatic rings. The Morgan fingerprint density at radius 1 is 0.750 bits per heavy atom. The number of aryl methyl sites for hydroxylation is 4. The van der Waals surface area contributed by atoms with Crippen LogP contribution in [0.1, 0.15) is 59.8 Å². The maximum absolute atomic E-state index is 2.65. The molecule has 0 saturated heterocycles. The molecule has 2 aliphatic carbocycles. The molecule has 1 unspecified atom stereocenters. The zero-order valence-corrected chi connectivity index (χ0v) is 20.5. The second kappa shape index (κ2) is 6.04. The molecule has 0 nitrogen and oxygen atoms in total. The van der Waals surface area contributed by atoms with Crippen molar-refractivity contribution < 1.29 is 0 Å². The van der Waals surface area contributed by atoms with E-state index in [0.29, 0.717) is 11.1 Å². The molecule has 0 radical (unpaired) electrons. The van der Waals surface area contributed by atoms with Crippen molar-refractivity contribution in [3.63, 3.8) is 0 Å². The second-order valence-corrected chi connectivity index (χ2v) is 16.8. The molecule has 0 aliphatic heterocycles. The standard InChI is InChI=1S/C25H28S2Si/c1-13-8-14(2)18-10-15(3)24(21(18)9-13)28(6,7)25-22-19(11-16(4)26-22)20-12-17(5)27-23(20)25/h8-12,24-25H,1-7H3. The first-order valence-electron chi connectivity index (χ1n) is 10.2. The van der Waals surface area contributed by atoms with Crippen molar-refractivity contribution in [2.24, 2.45) is 0 Å². The van der Waals surface area contributed by atoms with Gasteiger partial charge in [-0.1, -0.05) is 42.4 Å². The Labute approximate surface area is 178 Å². The van der Waals surface area contributed by atoms with Gasteiger partial charge in [0.25, 0.3) is 0 Å². The topological polar surface area (TPSA) is 0 Å². The number of thiophene rings is 2. The lowest BCUT2D eigenvalue weighted by molar-refractivity contribution is 1.00. The van der Waals surface area contributed by atoms with Crippen LogP contribution in [0.25, 0.3) is 17.2 Å². The molecule has 0 bridgehead atoms. The average molecular weight is 421 g/mol. The van der Waals surface area contributed by atoms with Gasteiger partial charge in [0.15, 0.2) is 0 Å². The lowest BCUT2D eigenvalue weighted by Gasteiger charge is -2.37. The van der Waals surface area contributed by atoms with Crippen molar-refractivity contribution in [1.29, 1.82) is 0 Å². The summed E-state index contributed by atoms with van der Waals surface area (Å²) in [4.78, 5) is 6.22. The molecule has 0 N–H and O–H groups in total. The average Bonchev–Trinajstić information content (AvgIpc) is 3.27. The maximum Gasteiger partial charge on any atom is 0.0747 e. The highest BCUT2D eigenvalue weighted by Gasteiger charge is 2.49. The molecule has 1 aromatic carbocycles. The summed E-state index contributed by atoms with van der Waals surface area (Å²) in [7, 11) is -1.72. The van der Waals surface area contributed by atoms with Crippen LogP contribution in [0.3, 0.4) is 0 Å². The van der Waals surface area contributed by atoms with Gasteiger partial charge in [-0.3, -0.25) is 0 Å². The summed E-state index contributed by atoms with van der Waals surface area (Å²) in [6.45, 7) is 16.8. The lowest BCUT2D eigenvalue weighted by Crippen LogP contribution is -2.41. The van der Waals surface area contributed by atoms with E-state index in [-0.39, 0.29) is 0 Å². The van der Waals surface area contributed by atoms with E-state index in [2.05, 4.69) is 78.1 Å². The minimum atomic E-state index is -1.72. The maximum atomic E-state index is 2.65. The molecule has 28 heavy (non-hydrogen) atoms. The van der Waals surface area contributed by atoms with Crippen LogP contribution in [-0.4, -0.2) is 8.07 Å². The van der Waals surface area contributed by atoms with Crippen LogP contribution in [0.5, 0.6) is 0 Å². The summed E-state index contributed by atoms with van der Waals surface area (Å²) in [6.07, 6.45) is 2.49. The lowest BCUT2D eigenvalue weighted by atomic mass is 10.0. The third kappa shape index (κ3) is 2.46. The first-order valence-corrected chi connectivity index (χ1v) is 15.0. The number of benzene rings is 1. The number of rotatable bonds is 2. The summed E-state index contributed by atoms with van der Waals surface area (Å²) in [5, 5.41) is 0. The van der Waals surface area contributed by atoms with Crippen LogP contribution in [0, 0.1) is 27.7 Å². The fourth-order valence-corrected chi connectivity index (χ4v) is 14.5. The zero-order valence-electron chi connectivity index (χ0n) is 17.9. The molecular formula is C25H28S2Si. The van der Waals surface area contributed by atoms with Crippen LogP contribution in [0.15, 0.2) is 29.8 Å². The molecule has 3 aromatic rings. The highest BCUT2D eigenvalue weighted by atomic mass is 32.1. The van der Waals surface area contributed by atoms with Gasteiger partial charge in [-0.25, -0.2) is 0 Å². The van der Waals surface area contributed by atoms with Gasteiger partial charge in [-0.05, 0) is 74.6 Å². The second-order valence-electron chi connectivity index (χ2n) is 9.43. The summed E-state index contributed by atoms with van der Waals surface area (Å²) in [6, 6.07) is 9.70. The van der Waals surface area contributed by atoms with Gasteiger partial charge in [-0.15, -0.1) is 22.7 Å². The molecule has 144 valence electrons. The first kappa shape index (κ1) is 18.6. The Morgan fingerprint density at radius 3 is 1.89 bits per heavy atom. The van der Waals surface area contributed by atoms with Crippen LogP contribution in [-0.2, 0) is 0 Å². The molecule has 2 aromatic heterocycles. The Hall–Kier alpha value is -1.42. The van der Waals surface area contributed by atoms with Crippen molar-refractivity contribution in [2.45, 2.75) is 58.8 Å². The Bertz CT molecular complexity index is 1110. The molecule has 0 saturated carbocycles. The number of allylic oxidation sites excluding steroid dienone is 1. The summed E-state index contributed by atoms with van der Waals surface area (Å²) >= 11 is 4.10. The zero-order chi connectivity index (χ0) is 20.0. The van der Waals surface area contributed by atoms with Gasteiger partial charge in [0.2, 0.25) is 0 Å². The highest BCUT2D eigenvalue weighted by Crippen LogP contribution is 2.59. The summed E-state index contributed by atoms with van der Waals surface area (Å²) < 4.78 is 0. The summed E-state index contributed by atoms with van der Waals surface area (Å²) in [5.74, 6) is 0. The molecule has 3 heteroatoms. The van der Waals surface area contributed by atoms with Gasteiger partial charge in [0.1, 0.15) is 0 Å². The van der Waals surface area contributed by atoms with Crippen molar-refractivity contribution in [2.75, 3.05) is 0 Å². The predicted molar refractivity (Wildman–Crippen MR) is 129 cm³/mol. The van der Waals surface area contributed by atoms with E-state index < -0.39 is 8.07 Å². The monoisotopic (exact) mass is 420 g/mol. The Balaban J connectivity index is 1.71. The normalized spacial score (nSPS) is 18.2. The molecule has 0 spiro atoms. The van der Waals surface area contributed by atoms with E-state index >= 15 is 0 Å². The van der Waals surface area contributed by atoms with Crippen LogP contribution >= 0.6 is 22.7 Å². The van der Waals surface area contributed by atoms with E-state index in [1.165, 1.54) is 37.6 Å². The molecule has 0 amide bonds. The number of hydrogen-bond acceptors (Lipinski definition) is 2. The number of fused-ring (bicyclic) bond motifs is 4. The Morgan fingerprint density at radius 2 is 1.32 bits per heavy atom. The smallest absolute Gasteiger partial charge is 0.0747 e. The molecule has 1 atom stereocenters. The van der Waals surface area contributed by atoms with Gasteiger partial charge in [0, 0.05) is 30.6 Å². The quantitative estimate of drug-likeness (QED) is 0.367. The molecular weight excluding hydrogens is 392 g/mol. The van der Waals surface area contributed by atoms with Gasteiger partial charge in [0.05, 0.1) is 8.07 Å². The van der Waals surface area contributed by atoms with Crippen LogP contribution in [0.4, 0.5) is 0 Å². The predicted octanol–water partition coefficient (Wildman–Crippen LogP) is 8.14. The van der Waals surface area contributed by atoms with Gasteiger partial charge >= 0.3 is 0 Å². The third-order valence-corrected chi connectivity index (χ3v) is 13.7. The Kier molecular flexibility index (Phi) is 4.01. The summed E-state index contributed by atoms with van der Waals surface area (Å²) in [5.41, 5.74) is 11.8. The largest absolute Gasteiger partial charge is 0.145 e. The SMILES string of the molecule is CC1=Cc2c(C)cc(C)cc2C1[Si](C)(C)C1c2sc(C)cc2-c2cc(C)sc21. The molecule has 5 rings (SSSR count). The van der Waals surface area contributed by atoms with Crippen molar-refractivity contribution in [3.8, 4) is 11.1 Å². The van der Waals surface area contributed by atoms with E-state index in [1.807, 2.05) is 22.7 Å². The van der Waals surface area contributed by atoms with Crippen molar-refractivity contribution >= 4 is 36.8 Å². The minimum Gasteiger partial charge on any atom is -0.145 e. The minimum absolute atomic E-state index is 0.606. The molecule has 2 heterocycles. The van der Waals surface area contributed by atoms with E-state index in [9.17, 15) is 0 Å². The van der Waals surface area contributed by atoms with Gasteiger partial charge < -0.3 is 0 Å². The van der Waals surface area contributed by atoms with E-state index in [4.69, 9.17) is 0 Å². The van der Waals surface area contributed by atoms with Crippen LogP contribution in [0.2, 0.25) is 13.1 Å². The fraction of sp³-hybridized carbons (Fsp3) is 0.360. The van der Waals surface area contributed by atoms with E-state index in [1.54, 1.807) is 20.9 Å². The van der Waals surface area contributed by atoms with Gasteiger partial charge in [-0.2, -0.15) is 0 Å². The molecule has 0 fully saturated rings. The fourth-order valence-electron chi connectivity index (χ4n) is 5.87. The first-order chi connectivity index (χ1) is 13.2. The third-order valence-electron chi connectivity index (χ3n) is 6.77. The van der Waals surface area contributed by atoms with Crippen molar-refractivity contribution in [1.82, 2.24) is 0 Å².